The maximum atomic E-state index is 5.57. The van der Waals surface area contributed by atoms with Gasteiger partial charge < -0.3 is 5.43 Å². The van der Waals surface area contributed by atoms with Gasteiger partial charge in [-0.25, -0.2) is 15.8 Å². The van der Waals surface area contributed by atoms with Gasteiger partial charge in [-0.05, 0) is 25.5 Å². The number of benzene rings is 1. The first-order chi connectivity index (χ1) is 9.65. The van der Waals surface area contributed by atoms with Crippen LogP contribution in [-0.2, 0) is 6.42 Å². The molecule has 3 N–H and O–H groups in total. The quantitative estimate of drug-likeness (QED) is 0.573. The molecule has 0 aliphatic carbocycles. The van der Waals surface area contributed by atoms with Crippen LogP contribution < -0.4 is 11.3 Å². The average Bonchev–Trinajstić information content (AvgIpc) is 2.80. The second-order valence-electron chi connectivity index (χ2n) is 4.87. The van der Waals surface area contributed by atoms with Crippen molar-refractivity contribution in [1.82, 2.24) is 9.97 Å². The Morgan fingerprint density at radius 1 is 1.15 bits per heavy atom. The van der Waals surface area contributed by atoms with Gasteiger partial charge in [0.05, 0.1) is 5.39 Å². The minimum Gasteiger partial charge on any atom is -0.308 e. The van der Waals surface area contributed by atoms with Gasteiger partial charge >= 0.3 is 0 Å². The van der Waals surface area contributed by atoms with Crippen LogP contribution in [0.2, 0.25) is 0 Å². The summed E-state index contributed by atoms with van der Waals surface area (Å²) < 4.78 is 0. The number of hydrazine groups is 1. The molecule has 0 unspecified atom stereocenters. The van der Waals surface area contributed by atoms with Crippen molar-refractivity contribution in [3.8, 4) is 0 Å². The largest absolute Gasteiger partial charge is 0.308 e. The van der Waals surface area contributed by atoms with Crippen LogP contribution in [0.4, 0.5) is 5.82 Å². The molecule has 0 saturated heterocycles. The van der Waals surface area contributed by atoms with Crippen molar-refractivity contribution < 1.29 is 0 Å². The molecule has 0 aliphatic rings. The molecule has 0 radical (unpaired) electrons. The summed E-state index contributed by atoms with van der Waals surface area (Å²) in [5.41, 5.74) is 5.13. The van der Waals surface area contributed by atoms with Crippen LogP contribution in [0, 0.1) is 13.8 Å². The second kappa shape index (κ2) is 5.19. The van der Waals surface area contributed by atoms with Gasteiger partial charge in [-0.1, -0.05) is 29.8 Å². The lowest BCUT2D eigenvalue weighted by Gasteiger charge is -2.05. The third-order valence-electron chi connectivity index (χ3n) is 3.18. The van der Waals surface area contributed by atoms with E-state index >= 15 is 0 Å². The number of hydrogen-bond donors (Lipinski definition) is 2. The normalized spacial score (nSPS) is 10.9. The van der Waals surface area contributed by atoms with Gasteiger partial charge in [0.15, 0.2) is 5.82 Å². The van der Waals surface area contributed by atoms with Gasteiger partial charge in [0.1, 0.15) is 10.7 Å². The highest BCUT2D eigenvalue weighted by Gasteiger charge is 2.10. The fourth-order valence-corrected chi connectivity index (χ4v) is 3.06. The molecule has 3 aromatic rings. The number of aromatic nitrogens is 2. The monoisotopic (exact) mass is 284 g/mol. The van der Waals surface area contributed by atoms with Crippen molar-refractivity contribution in [2.24, 2.45) is 5.84 Å². The smallest absolute Gasteiger partial charge is 0.152 e. The SMILES string of the molecule is Cc1ccc(Cc2nc(NN)c3cc(C)sc3n2)cc1. The molecule has 0 fully saturated rings. The molecule has 0 bridgehead atoms. The Morgan fingerprint density at radius 3 is 2.60 bits per heavy atom. The number of aryl methyl sites for hydroxylation is 2. The zero-order valence-electron chi connectivity index (χ0n) is 11.5. The first kappa shape index (κ1) is 13.0. The van der Waals surface area contributed by atoms with Crippen LogP contribution in [0.25, 0.3) is 10.2 Å². The number of nitrogens with two attached hydrogens (primary N) is 1. The zero-order valence-corrected chi connectivity index (χ0v) is 12.3. The number of nitrogens with zero attached hydrogens (tertiary/aromatic N) is 2. The number of anilines is 1. The van der Waals surface area contributed by atoms with E-state index < -0.39 is 0 Å². The summed E-state index contributed by atoms with van der Waals surface area (Å²) >= 11 is 1.66. The molecular formula is C15H16N4S. The van der Waals surface area contributed by atoms with Crippen LogP contribution in [0.15, 0.2) is 30.3 Å². The molecule has 0 spiro atoms. The molecule has 0 aliphatic heterocycles. The van der Waals surface area contributed by atoms with E-state index in [1.165, 1.54) is 16.0 Å². The molecule has 0 saturated carbocycles. The molecule has 102 valence electrons. The Bertz CT molecular complexity index is 746. The standard InChI is InChI=1S/C15H16N4S/c1-9-3-5-11(6-4-9)8-13-17-14(19-16)12-7-10(2)20-15(12)18-13/h3-7H,8,16H2,1-2H3,(H,17,18,19). The van der Waals surface area contributed by atoms with Crippen molar-refractivity contribution >= 4 is 27.4 Å². The summed E-state index contributed by atoms with van der Waals surface area (Å²) in [6.07, 6.45) is 0.710. The predicted molar refractivity (Wildman–Crippen MR) is 83.9 cm³/mol. The van der Waals surface area contributed by atoms with Crippen LogP contribution in [-0.4, -0.2) is 9.97 Å². The molecule has 0 amide bonds. The predicted octanol–water partition coefficient (Wildman–Crippen LogP) is 3.18. The zero-order chi connectivity index (χ0) is 14.1. The van der Waals surface area contributed by atoms with Crippen molar-refractivity contribution in [1.29, 1.82) is 0 Å². The van der Waals surface area contributed by atoms with E-state index in [0.29, 0.717) is 12.2 Å². The van der Waals surface area contributed by atoms with Gasteiger partial charge in [-0.2, -0.15) is 0 Å². The molecular weight excluding hydrogens is 268 g/mol. The number of hydrogen-bond acceptors (Lipinski definition) is 5. The minimum atomic E-state index is 0.696. The van der Waals surface area contributed by atoms with E-state index in [2.05, 4.69) is 59.6 Å². The molecule has 5 heteroatoms. The first-order valence-corrected chi connectivity index (χ1v) is 7.26. The fraction of sp³-hybridized carbons (Fsp3) is 0.200. The average molecular weight is 284 g/mol. The third kappa shape index (κ3) is 2.50. The van der Waals surface area contributed by atoms with Crippen LogP contribution in [0.5, 0.6) is 0 Å². The number of nitrogen functional groups attached to an aromatic ring is 1. The topological polar surface area (TPSA) is 63.8 Å². The molecule has 2 aromatic heterocycles. The Balaban J connectivity index is 2.00. The molecule has 1 aromatic carbocycles. The van der Waals surface area contributed by atoms with Gasteiger partial charge in [-0.15, -0.1) is 11.3 Å². The molecule has 3 rings (SSSR count). The van der Waals surface area contributed by atoms with E-state index in [0.717, 1.165) is 16.0 Å². The number of nitrogens with one attached hydrogen (secondary N) is 1. The highest BCUT2D eigenvalue weighted by atomic mass is 32.1. The first-order valence-electron chi connectivity index (χ1n) is 6.45. The summed E-state index contributed by atoms with van der Waals surface area (Å²) in [7, 11) is 0. The van der Waals surface area contributed by atoms with Crippen molar-refractivity contribution in [3.05, 3.63) is 52.2 Å². The maximum Gasteiger partial charge on any atom is 0.152 e. The molecule has 20 heavy (non-hydrogen) atoms. The number of rotatable bonds is 3. The van der Waals surface area contributed by atoms with Crippen LogP contribution in [0.1, 0.15) is 21.8 Å². The molecule has 4 nitrogen and oxygen atoms in total. The van der Waals surface area contributed by atoms with Crippen LogP contribution >= 0.6 is 11.3 Å². The fourth-order valence-electron chi connectivity index (χ4n) is 2.16. The Hall–Kier alpha value is -1.98. The highest BCUT2D eigenvalue weighted by Crippen LogP contribution is 2.28. The highest BCUT2D eigenvalue weighted by molar-refractivity contribution is 7.18. The van der Waals surface area contributed by atoms with Crippen molar-refractivity contribution in [3.63, 3.8) is 0 Å². The lowest BCUT2D eigenvalue weighted by Crippen LogP contribution is -2.10. The molecule has 0 atom stereocenters. The van der Waals surface area contributed by atoms with E-state index in [9.17, 15) is 0 Å². The summed E-state index contributed by atoms with van der Waals surface area (Å²) in [5.74, 6) is 7.06. The lowest BCUT2D eigenvalue weighted by molar-refractivity contribution is 0.992. The lowest BCUT2D eigenvalue weighted by atomic mass is 10.1. The van der Waals surface area contributed by atoms with Crippen molar-refractivity contribution in [2.45, 2.75) is 20.3 Å². The van der Waals surface area contributed by atoms with Gasteiger partial charge in [0.2, 0.25) is 0 Å². The Morgan fingerprint density at radius 2 is 1.90 bits per heavy atom. The summed E-state index contributed by atoms with van der Waals surface area (Å²) in [4.78, 5) is 11.3. The third-order valence-corrected chi connectivity index (χ3v) is 4.13. The van der Waals surface area contributed by atoms with Crippen LogP contribution in [0.3, 0.4) is 0 Å². The van der Waals surface area contributed by atoms with E-state index in [-0.39, 0.29) is 0 Å². The van der Waals surface area contributed by atoms with E-state index in [1.54, 1.807) is 11.3 Å². The van der Waals surface area contributed by atoms with E-state index in [4.69, 9.17) is 5.84 Å². The minimum absolute atomic E-state index is 0.696. The summed E-state index contributed by atoms with van der Waals surface area (Å²) in [5, 5.41) is 0.989. The van der Waals surface area contributed by atoms with Gasteiger partial charge in [-0.3, -0.25) is 0 Å². The van der Waals surface area contributed by atoms with Gasteiger partial charge in [0.25, 0.3) is 0 Å². The second-order valence-corrected chi connectivity index (χ2v) is 6.11. The van der Waals surface area contributed by atoms with E-state index in [1.807, 2.05) is 0 Å². The Kier molecular flexibility index (Phi) is 3.38. The number of thiophene rings is 1. The maximum absolute atomic E-state index is 5.57. The summed E-state index contributed by atoms with van der Waals surface area (Å²) in [6.45, 7) is 4.14. The van der Waals surface area contributed by atoms with Gasteiger partial charge in [0, 0.05) is 11.3 Å². The summed E-state index contributed by atoms with van der Waals surface area (Å²) in [6, 6.07) is 10.5. The molecule has 2 heterocycles. The number of fused-ring (bicyclic) bond motifs is 1. The van der Waals surface area contributed by atoms with Crippen molar-refractivity contribution in [2.75, 3.05) is 5.43 Å². The Labute approximate surface area is 121 Å².